The van der Waals surface area contributed by atoms with E-state index >= 15 is 0 Å². The first-order valence-electron chi connectivity index (χ1n) is 13.1. The van der Waals surface area contributed by atoms with Gasteiger partial charge in [-0.3, -0.25) is 4.79 Å². The van der Waals surface area contributed by atoms with E-state index in [-0.39, 0.29) is 18.4 Å². The Morgan fingerprint density at radius 1 is 1.05 bits per heavy atom. The molecule has 1 aliphatic carbocycles. The molecule has 1 heterocycles. The van der Waals surface area contributed by atoms with Gasteiger partial charge in [0.1, 0.15) is 17.8 Å². The molecule has 0 spiro atoms. The molecule has 1 aliphatic rings. The van der Waals surface area contributed by atoms with Crippen LogP contribution in [0.3, 0.4) is 0 Å². The van der Waals surface area contributed by atoms with E-state index in [9.17, 15) is 22.8 Å². The predicted octanol–water partition coefficient (Wildman–Crippen LogP) is 6.93. The number of aldehydes is 1. The van der Waals surface area contributed by atoms with Gasteiger partial charge < -0.3 is 25.0 Å². The van der Waals surface area contributed by atoms with Gasteiger partial charge in [-0.25, -0.2) is 0 Å². The first-order valence-corrected chi connectivity index (χ1v) is 13.1. The van der Waals surface area contributed by atoms with Crippen LogP contribution in [0.1, 0.15) is 71.8 Å². The Morgan fingerprint density at radius 2 is 1.69 bits per heavy atom. The monoisotopic (exact) mass is 544 g/mol. The topological polar surface area (TPSA) is 91.6 Å². The number of halogens is 3. The van der Waals surface area contributed by atoms with E-state index in [1.807, 2.05) is 25.1 Å². The lowest BCUT2D eigenvalue weighted by Gasteiger charge is -2.31. The Labute approximate surface area is 226 Å². The molecule has 2 aromatic carbocycles. The maximum absolute atomic E-state index is 13.0. The highest BCUT2D eigenvalue weighted by Gasteiger charge is 2.31. The van der Waals surface area contributed by atoms with E-state index in [2.05, 4.69) is 10.6 Å². The molecule has 0 radical (unpaired) electrons. The number of hydrogen-bond donors (Lipinski definition) is 3. The number of furan rings is 1. The number of carbonyl (C=O) groups is 2. The summed E-state index contributed by atoms with van der Waals surface area (Å²) in [6.07, 6.45) is 2.21. The van der Waals surface area contributed by atoms with Gasteiger partial charge in [0.2, 0.25) is 0 Å². The summed E-state index contributed by atoms with van der Waals surface area (Å²) < 4.78 is 45.2. The van der Waals surface area contributed by atoms with E-state index in [1.165, 1.54) is 18.6 Å². The van der Waals surface area contributed by atoms with E-state index in [1.54, 1.807) is 12.1 Å². The summed E-state index contributed by atoms with van der Waals surface area (Å²) in [5, 5.41) is 13.3. The van der Waals surface area contributed by atoms with Crippen molar-refractivity contribution in [2.45, 2.75) is 57.7 Å². The Kier molecular flexibility index (Phi) is 10.7. The Hall–Kier alpha value is -3.59. The first-order chi connectivity index (χ1) is 18.8. The number of carbonyl (C=O) groups excluding carboxylic acids is 2. The quantitative estimate of drug-likeness (QED) is 0.201. The van der Waals surface area contributed by atoms with Gasteiger partial charge in [0.05, 0.1) is 11.6 Å². The fourth-order valence-corrected chi connectivity index (χ4v) is 4.88. The van der Waals surface area contributed by atoms with E-state index < -0.39 is 11.7 Å². The van der Waals surface area contributed by atoms with Crippen LogP contribution in [0.25, 0.3) is 11.3 Å². The zero-order valence-corrected chi connectivity index (χ0v) is 22.2. The molecule has 3 aromatic rings. The molecular weight excluding hydrogens is 509 g/mol. The highest BCUT2D eigenvalue weighted by molar-refractivity contribution is 5.94. The fourth-order valence-electron chi connectivity index (χ4n) is 4.88. The van der Waals surface area contributed by atoms with Gasteiger partial charge in [-0.05, 0) is 73.7 Å². The molecule has 1 atom stereocenters. The number of hydrogen-bond acceptors (Lipinski definition) is 5. The number of alkyl halides is 3. The molecule has 0 bridgehead atoms. The third kappa shape index (κ3) is 7.95. The molecule has 1 unspecified atom stereocenters. The molecule has 3 N–H and O–H groups in total. The van der Waals surface area contributed by atoms with Gasteiger partial charge in [-0.2, -0.15) is 13.2 Å². The minimum atomic E-state index is -4.38. The van der Waals surface area contributed by atoms with Gasteiger partial charge in [0.15, 0.2) is 0 Å². The maximum Gasteiger partial charge on any atom is 0.416 e. The largest absolute Gasteiger partial charge is 0.459 e. The zero-order chi connectivity index (χ0) is 28.4. The second kappa shape index (κ2) is 14.0. The van der Waals surface area contributed by atoms with Crippen LogP contribution < -0.4 is 10.6 Å². The molecule has 9 heteroatoms. The van der Waals surface area contributed by atoms with Gasteiger partial charge in [-0.15, -0.1) is 0 Å². The number of rotatable bonds is 9. The third-order valence-electron chi connectivity index (χ3n) is 6.87. The van der Waals surface area contributed by atoms with Crippen LogP contribution in [0.15, 0.2) is 59.0 Å². The van der Waals surface area contributed by atoms with Crippen molar-refractivity contribution in [3.05, 3.63) is 77.0 Å². The van der Waals surface area contributed by atoms with Crippen LogP contribution in [0.4, 0.5) is 18.9 Å². The predicted molar refractivity (Wildman–Crippen MR) is 144 cm³/mol. The van der Waals surface area contributed by atoms with Crippen molar-refractivity contribution < 1.29 is 32.3 Å². The molecule has 1 fully saturated rings. The normalized spacial score (nSPS) is 14.6. The number of benzene rings is 2. The number of nitrogens with one attached hydrogen (secondary N) is 2. The molecule has 4 rings (SSSR count). The summed E-state index contributed by atoms with van der Waals surface area (Å²) in [5.41, 5.74) is 2.18. The third-order valence-corrected chi connectivity index (χ3v) is 6.87. The van der Waals surface area contributed by atoms with Gasteiger partial charge in [-0.1, -0.05) is 31.4 Å². The summed E-state index contributed by atoms with van der Waals surface area (Å²) >= 11 is 0. The minimum absolute atomic E-state index is 0.115. The number of amides is 1. The summed E-state index contributed by atoms with van der Waals surface area (Å²) in [7, 11) is 1.00. The Morgan fingerprint density at radius 3 is 2.28 bits per heavy atom. The zero-order valence-electron chi connectivity index (χ0n) is 22.2. The van der Waals surface area contributed by atoms with Crippen LogP contribution in [-0.4, -0.2) is 31.0 Å². The van der Waals surface area contributed by atoms with Crippen molar-refractivity contribution in [1.29, 1.82) is 0 Å². The van der Waals surface area contributed by atoms with Crippen molar-refractivity contribution in [1.82, 2.24) is 5.32 Å². The van der Waals surface area contributed by atoms with Crippen molar-refractivity contribution in [3.63, 3.8) is 0 Å². The number of anilines is 1. The lowest BCUT2D eigenvalue weighted by Crippen LogP contribution is -2.25. The van der Waals surface area contributed by atoms with Gasteiger partial charge in [0, 0.05) is 36.9 Å². The lowest BCUT2D eigenvalue weighted by molar-refractivity contribution is -0.137. The molecular formula is C30H35F3N2O4. The van der Waals surface area contributed by atoms with Crippen molar-refractivity contribution in [2.75, 3.05) is 19.0 Å². The Balaban J connectivity index is 0.00000205. The van der Waals surface area contributed by atoms with Crippen molar-refractivity contribution in [3.8, 4) is 11.3 Å². The highest BCUT2D eigenvalue weighted by Crippen LogP contribution is 2.40. The molecule has 0 saturated heterocycles. The molecule has 39 heavy (non-hydrogen) atoms. The fraction of sp³-hybridized carbons (Fsp3) is 0.400. The van der Waals surface area contributed by atoms with Gasteiger partial charge >= 0.3 is 6.18 Å². The highest BCUT2D eigenvalue weighted by atomic mass is 19.4. The molecule has 0 aliphatic heterocycles. The molecule has 1 amide bonds. The first kappa shape index (κ1) is 30.0. The molecule has 210 valence electrons. The van der Waals surface area contributed by atoms with Crippen LogP contribution in [0.5, 0.6) is 0 Å². The second-order valence-electron chi connectivity index (χ2n) is 9.54. The lowest BCUT2D eigenvalue weighted by atomic mass is 9.82. The number of aryl methyl sites for hydroxylation is 1. The van der Waals surface area contributed by atoms with Crippen LogP contribution >= 0.6 is 0 Å². The summed E-state index contributed by atoms with van der Waals surface area (Å²) in [6.45, 7) is 2.25. The molecule has 1 aromatic heterocycles. The SMILES string of the molecule is CO.Cc1cc(-c2ccc(C(F)(F)F)cc2)oc1C(Nc1ccc(C(=O)NCCC=O)cc1)C1CCCCC1. The maximum atomic E-state index is 13.0. The van der Waals surface area contributed by atoms with Crippen molar-refractivity contribution >= 4 is 17.9 Å². The number of aliphatic hydroxyl groups is 1. The van der Waals surface area contributed by atoms with E-state index in [0.29, 0.717) is 29.3 Å². The van der Waals surface area contributed by atoms with Crippen LogP contribution in [0.2, 0.25) is 0 Å². The summed E-state index contributed by atoms with van der Waals surface area (Å²) in [4.78, 5) is 22.7. The molecule has 1 saturated carbocycles. The van der Waals surface area contributed by atoms with E-state index in [0.717, 1.165) is 68.2 Å². The minimum Gasteiger partial charge on any atom is -0.459 e. The summed E-state index contributed by atoms with van der Waals surface area (Å²) in [6, 6.07) is 13.9. The van der Waals surface area contributed by atoms with Crippen LogP contribution in [-0.2, 0) is 11.0 Å². The van der Waals surface area contributed by atoms with Crippen LogP contribution in [0, 0.1) is 12.8 Å². The van der Waals surface area contributed by atoms with E-state index in [4.69, 9.17) is 9.52 Å². The van der Waals surface area contributed by atoms with Gasteiger partial charge in [0.25, 0.3) is 5.91 Å². The van der Waals surface area contributed by atoms with Crippen molar-refractivity contribution in [2.24, 2.45) is 5.92 Å². The standard InChI is InChI=1S/C29H31F3N2O3.CH4O/c1-19-18-25(20-8-12-23(13-9-20)29(30,31)32)37-27(19)26(21-6-3-2-4-7-21)34-24-14-10-22(11-15-24)28(36)33-16-5-17-35;1-2/h8-15,17-18,21,26,34H,2-7,16H2,1H3,(H,33,36);2H,1H3. The second-order valence-corrected chi connectivity index (χ2v) is 9.54. The summed E-state index contributed by atoms with van der Waals surface area (Å²) in [5.74, 6) is 1.41. The smallest absolute Gasteiger partial charge is 0.416 e. The number of aliphatic hydroxyl groups excluding tert-OH is 1. The average Bonchev–Trinajstić information content (AvgIpc) is 3.34. The Bertz CT molecular complexity index is 1200. The average molecular weight is 545 g/mol. The molecule has 6 nitrogen and oxygen atoms in total.